The second-order valence-corrected chi connectivity index (χ2v) is 4.46. The van der Waals surface area contributed by atoms with Crippen LogP contribution in [0.3, 0.4) is 0 Å². The van der Waals surface area contributed by atoms with Gasteiger partial charge in [-0.05, 0) is 25.5 Å². The van der Waals surface area contributed by atoms with Crippen molar-refractivity contribution in [2.24, 2.45) is 0 Å². The third-order valence-corrected chi connectivity index (χ3v) is 2.97. The van der Waals surface area contributed by atoms with E-state index in [2.05, 4.69) is 16.6 Å². The second kappa shape index (κ2) is 7.05. The molecule has 3 nitrogen and oxygen atoms in total. The number of hydrogen-bond acceptors (Lipinski definition) is 2. The molecule has 1 aromatic carbocycles. The summed E-state index contributed by atoms with van der Waals surface area (Å²) in [7, 11) is 0. The van der Waals surface area contributed by atoms with Crippen LogP contribution in [-0.4, -0.2) is 18.5 Å². The van der Waals surface area contributed by atoms with Gasteiger partial charge in [0.25, 0.3) is 0 Å². The van der Waals surface area contributed by atoms with E-state index in [1.54, 1.807) is 6.92 Å². The first kappa shape index (κ1) is 14.6. The van der Waals surface area contributed by atoms with Gasteiger partial charge < -0.3 is 5.32 Å². The number of nitrogens with one attached hydrogen (secondary N) is 2. The number of amides is 1. The first-order valence-corrected chi connectivity index (χ1v) is 6.15. The molecule has 0 aliphatic rings. The van der Waals surface area contributed by atoms with E-state index < -0.39 is 0 Å². The molecule has 0 aliphatic heterocycles. The van der Waals surface area contributed by atoms with Crippen molar-refractivity contribution in [3.63, 3.8) is 0 Å². The zero-order chi connectivity index (χ0) is 13.5. The van der Waals surface area contributed by atoms with Gasteiger partial charge in [-0.2, -0.15) is 0 Å². The summed E-state index contributed by atoms with van der Waals surface area (Å²) in [5, 5.41) is 6.50. The van der Waals surface area contributed by atoms with Gasteiger partial charge in [0.2, 0.25) is 5.91 Å². The van der Waals surface area contributed by atoms with Gasteiger partial charge in [0.1, 0.15) is 0 Å². The first-order chi connectivity index (χ1) is 8.56. The van der Waals surface area contributed by atoms with Crippen LogP contribution in [0.15, 0.2) is 24.3 Å². The summed E-state index contributed by atoms with van der Waals surface area (Å²) in [6, 6.07) is 7.23. The fourth-order valence-electron chi connectivity index (χ4n) is 1.66. The Morgan fingerprint density at radius 1 is 1.44 bits per heavy atom. The zero-order valence-corrected chi connectivity index (χ0v) is 11.3. The molecule has 0 fully saturated rings. The lowest BCUT2D eigenvalue weighted by molar-refractivity contribution is -0.122. The Labute approximate surface area is 113 Å². The zero-order valence-electron chi connectivity index (χ0n) is 10.5. The number of carbonyl (C=O) groups excluding carboxylic acids is 1. The van der Waals surface area contributed by atoms with Crippen LogP contribution in [0.5, 0.6) is 0 Å². The van der Waals surface area contributed by atoms with E-state index in [9.17, 15) is 4.79 Å². The van der Waals surface area contributed by atoms with Crippen LogP contribution in [0.25, 0.3) is 0 Å². The quantitative estimate of drug-likeness (QED) is 0.800. The predicted molar refractivity (Wildman–Crippen MR) is 74.3 cm³/mol. The lowest BCUT2D eigenvalue weighted by atomic mass is 10.1. The number of terminal acetylenes is 1. The van der Waals surface area contributed by atoms with Gasteiger partial charge in [0.05, 0.1) is 12.6 Å². The fourth-order valence-corrected chi connectivity index (χ4v) is 1.96. The summed E-state index contributed by atoms with van der Waals surface area (Å²) < 4.78 is 0. The van der Waals surface area contributed by atoms with Crippen LogP contribution in [0.1, 0.15) is 25.5 Å². The van der Waals surface area contributed by atoms with E-state index in [0.717, 1.165) is 5.56 Å². The predicted octanol–water partition coefficient (Wildman–Crippen LogP) is 2.13. The summed E-state index contributed by atoms with van der Waals surface area (Å²) in [5.41, 5.74) is 0.968. The molecule has 1 amide bonds. The second-order valence-electron chi connectivity index (χ2n) is 4.05. The average molecular weight is 265 g/mol. The van der Waals surface area contributed by atoms with E-state index in [-0.39, 0.29) is 24.5 Å². The van der Waals surface area contributed by atoms with Crippen molar-refractivity contribution in [3.8, 4) is 12.3 Å². The minimum absolute atomic E-state index is 0.00899. The lowest BCUT2D eigenvalue weighted by Crippen LogP contribution is -2.43. The molecular formula is C14H17ClN2O. The Morgan fingerprint density at radius 2 is 2.11 bits per heavy atom. The molecule has 0 aromatic heterocycles. The van der Waals surface area contributed by atoms with Crippen molar-refractivity contribution in [2.75, 3.05) is 6.54 Å². The summed E-state index contributed by atoms with van der Waals surface area (Å²) >= 11 is 6.10. The van der Waals surface area contributed by atoms with E-state index in [0.29, 0.717) is 5.02 Å². The van der Waals surface area contributed by atoms with Crippen molar-refractivity contribution in [1.82, 2.24) is 10.6 Å². The monoisotopic (exact) mass is 264 g/mol. The maximum absolute atomic E-state index is 11.7. The molecule has 0 spiro atoms. The van der Waals surface area contributed by atoms with Crippen LogP contribution >= 0.6 is 11.6 Å². The Hall–Kier alpha value is -1.50. The third-order valence-electron chi connectivity index (χ3n) is 2.63. The molecule has 0 saturated heterocycles. The van der Waals surface area contributed by atoms with E-state index >= 15 is 0 Å². The smallest absolute Gasteiger partial charge is 0.237 e. The number of benzene rings is 1. The number of rotatable bonds is 5. The first-order valence-electron chi connectivity index (χ1n) is 5.78. The average Bonchev–Trinajstić information content (AvgIpc) is 2.36. The highest BCUT2D eigenvalue weighted by molar-refractivity contribution is 6.31. The van der Waals surface area contributed by atoms with Crippen LogP contribution in [0.2, 0.25) is 5.02 Å². The van der Waals surface area contributed by atoms with Gasteiger partial charge in [-0.25, -0.2) is 0 Å². The molecule has 0 aliphatic carbocycles. The summed E-state index contributed by atoms with van der Waals surface area (Å²) in [6.45, 7) is 4.00. The Kier molecular flexibility index (Phi) is 5.70. The minimum Gasteiger partial charge on any atom is -0.344 e. The highest BCUT2D eigenvalue weighted by Crippen LogP contribution is 2.22. The molecule has 0 saturated carbocycles. The number of halogens is 1. The summed E-state index contributed by atoms with van der Waals surface area (Å²) in [5.74, 6) is 2.25. The maximum atomic E-state index is 11.7. The van der Waals surface area contributed by atoms with Gasteiger partial charge in [-0.1, -0.05) is 35.7 Å². The van der Waals surface area contributed by atoms with E-state index in [1.165, 1.54) is 0 Å². The summed E-state index contributed by atoms with van der Waals surface area (Å²) in [4.78, 5) is 11.7. The molecule has 2 N–H and O–H groups in total. The lowest BCUT2D eigenvalue weighted by Gasteiger charge is -2.20. The normalized spacial score (nSPS) is 13.4. The molecule has 0 heterocycles. The molecule has 2 atom stereocenters. The van der Waals surface area contributed by atoms with Crippen LogP contribution in [0.4, 0.5) is 0 Å². The molecule has 1 rings (SSSR count). The van der Waals surface area contributed by atoms with Gasteiger partial charge in [0.15, 0.2) is 0 Å². The number of carbonyl (C=O) groups is 1. The van der Waals surface area contributed by atoms with Crippen molar-refractivity contribution < 1.29 is 4.79 Å². The van der Waals surface area contributed by atoms with Gasteiger partial charge in [-0.15, -0.1) is 6.42 Å². The highest BCUT2D eigenvalue weighted by atomic mass is 35.5. The fraction of sp³-hybridized carbons (Fsp3) is 0.357. The Balaban J connectivity index is 2.60. The van der Waals surface area contributed by atoms with Gasteiger partial charge in [0, 0.05) is 11.1 Å². The topological polar surface area (TPSA) is 41.1 Å². The SMILES string of the molecule is C#CCNC(=O)C(C)NC(C)c1ccccc1Cl. The molecule has 1 aromatic rings. The van der Waals surface area contributed by atoms with Crippen LogP contribution in [0, 0.1) is 12.3 Å². The number of hydrogen-bond donors (Lipinski definition) is 2. The molecular weight excluding hydrogens is 248 g/mol. The minimum atomic E-state index is -0.329. The molecule has 0 radical (unpaired) electrons. The van der Waals surface area contributed by atoms with Gasteiger partial charge in [-0.3, -0.25) is 10.1 Å². The molecule has 4 heteroatoms. The van der Waals surface area contributed by atoms with E-state index in [1.807, 2.05) is 31.2 Å². The van der Waals surface area contributed by atoms with Crippen LogP contribution < -0.4 is 10.6 Å². The van der Waals surface area contributed by atoms with Crippen molar-refractivity contribution in [3.05, 3.63) is 34.9 Å². The largest absolute Gasteiger partial charge is 0.344 e. The standard InChI is InChI=1S/C14H17ClN2O/c1-4-9-16-14(18)11(3)17-10(2)12-7-5-6-8-13(12)15/h1,5-8,10-11,17H,9H2,2-3H3,(H,16,18). The van der Waals surface area contributed by atoms with E-state index in [4.69, 9.17) is 18.0 Å². The third kappa shape index (κ3) is 4.06. The van der Waals surface area contributed by atoms with Crippen molar-refractivity contribution in [2.45, 2.75) is 25.9 Å². The van der Waals surface area contributed by atoms with Crippen molar-refractivity contribution >= 4 is 17.5 Å². The Bertz CT molecular complexity index is 453. The van der Waals surface area contributed by atoms with Crippen LogP contribution in [-0.2, 0) is 4.79 Å². The molecule has 96 valence electrons. The Morgan fingerprint density at radius 3 is 2.72 bits per heavy atom. The maximum Gasteiger partial charge on any atom is 0.237 e. The highest BCUT2D eigenvalue weighted by Gasteiger charge is 2.16. The van der Waals surface area contributed by atoms with Crippen molar-refractivity contribution in [1.29, 1.82) is 0 Å². The molecule has 0 bridgehead atoms. The summed E-state index contributed by atoms with van der Waals surface area (Å²) in [6.07, 6.45) is 5.09. The molecule has 2 unspecified atom stereocenters. The van der Waals surface area contributed by atoms with Gasteiger partial charge >= 0.3 is 0 Å². The molecule has 18 heavy (non-hydrogen) atoms.